The molecule has 25 heavy (non-hydrogen) atoms. The van der Waals surface area contributed by atoms with Gasteiger partial charge >= 0.3 is 5.97 Å². The number of nitrogens with zero attached hydrogens (tertiary/aromatic N) is 2. The maximum absolute atomic E-state index is 11.8. The molecular weight excluding hydrogens is 346 g/mol. The van der Waals surface area contributed by atoms with Crippen LogP contribution in [0.15, 0.2) is 24.3 Å². The van der Waals surface area contributed by atoms with E-state index in [2.05, 4.69) is 17.1 Å². The minimum Gasteiger partial charge on any atom is -0.469 e. The Balaban J connectivity index is 2.18. The van der Waals surface area contributed by atoms with Gasteiger partial charge in [0.15, 0.2) is 0 Å². The molecule has 1 fully saturated rings. The molecule has 0 bridgehead atoms. The summed E-state index contributed by atoms with van der Waals surface area (Å²) in [4.78, 5) is 23.3. The number of alkyl halides is 1. The third-order valence-corrected chi connectivity index (χ3v) is 4.96. The lowest BCUT2D eigenvalue weighted by Gasteiger charge is -2.34. The van der Waals surface area contributed by atoms with E-state index < -0.39 is 9.92 Å². The number of benzene rings is 1. The molecule has 2 rings (SSSR count). The van der Waals surface area contributed by atoms with Crippen molar-refractivity contribution in [3.8, 4) is 0 Å². The number of hydrogen-bond acceptors (Lipinski definition) is 6. The summed E-state index contributed by atoms with van der Waals surface area (Å²) >= 11 is 6.77. The normalized spacial score (nSPS) is 23.6. The van der Waals surface area contributed by atoms with Gasteiger partial charge in [-0.3, -0.25) is 25.1 Å². The summed E-state index contributed by atoms with van der Waals surface area (Å²) in [5.41, 5.74) is 0.961. The van der Waals surface area contributed by atoms with Gasteiger partial charge in [-0.2, -0.15) is 0 Å². The van der Waals surface area contributed by atoms with Gasteiger partial charge in [0, 0.05) is 25.2 Å². The van der Waals surface area contributed by atoms with Crippen LogP contribution in [0.2, 0.25) is 0 Å². The van der Waals surface area contributed by atoms with Crippen molar-refractivity contribution in [2.45, 2.75) is 50.3 Å². The van der Waals surface area contributed by atoms with Crippen LogP contribution in [0.5, 0.6) is 0 Å². The highest BCUT2D eigenvalue weighted by Gasteiger charge is 2.46. The van der Waals surface area contributed by atoms with Crippen LogP contribution in [-0.4, -0.2) is 40.6 Å². The summed E-state index contributed by atoms with van der Waals surface area (Å²) in [5.74, 6) is -0.360. The second kappa shape index (κ2) is 8.60. The van der Waals surface area contributed by atoms with E-state index in [1.165, 1.54) is 19.2 Å². The van der Waals surface area contributed by atoms with E-state index in [1.54, 1.807) is 12.1 Å². The number of non-ortho nitro benzene ring substituents is 1. The first-order valence-corrected chi connectivity index (χ1v) is 8.76. The van der Waals surface area contributed by atoms with Crippen molar-refractivity contribution in [1.82, 2.24) is 10.2 Å². The van der Waals surface area contributed by atoms with Gasteiger partial charge in [-0.05, 0) is 12.0 Å². The number of ether oxygens (including phenoxy) is 1. The average molecular weight is 370 g/mol. The molecule has 1 aliphatic heterocycles. The maximum Gasteiger partial charge on any atom is 0.308 e. The summed E-state index contributed by atoms with van der Waals surface area (Å²) in [5, 5.41) is 14.2. The molecule has 2 unspecified atom stereocenters. The number of carbonyl (C=O) groups is 1. The van der Waals surface area contributed by atoms with Gasteiger partial charge in [-0.1, -0.05) is 43.5 Å². The second-order valence-electron chi connectivity index (χ2n) is 6.26. The zero-order valence-corrected chi connectivity index (χ0v) is 15.3. The number of nitrogens with one attached hydrogen (secondary N) is 1. The van der Waals surface area contributed by atoms with Crippen LogP contribution in [0, 0.1) is 10.1 Å². The van der Waals surface area contributed by atoms with Crippen molar-refractivity contribution in [3.63, 3.8) is 0 Å². The lowest BCUT2D eigenvalue weighted by molar-refractivity contribution is -0.384. The Morgan fingerprint density at radius 1 is 1.48 bits per heavy atom. The van der Waals surface area contributed by atoms with Gasteiger partial charge in [0.1, 0.15) is 5.00 Å². The Hall–Kier alpha value is -1.70. The molecule has 0 aromatic heterocycles. The Bertz CT molecular complexity index is 610. The predicted octanol–water partition coefficient (Wildman–Crippen LogP) is 3.01. The number of hydrogen-bond donors (Lipinski definition) is 1. The van der Waals surface area contributed by atoms with Crippen LogP contribution in [0.1, 0.15) is 38.2 Å². The van der Waals surface area contributed by atoms with E-state index in [0.717, 1.165) is 24.8 Å². The number of unbranched alkanes of at least 4 members (excludes halogenated alkanes) is 1. The number of carbonyl (C=O) groups excluding carboxylic acids is 1. The molecule has 1 N–H and O–H groups in total. The first-order chi connectivity index (χ1) is 11.9. The van der Waals surface area contributed by atoms with Crippen molar-refractivity contribution in [2.75, 3.05) is 13.7 Å². The topological polar surface area (TPSA) is 84.7 Å². The van der Waals surface area contributed by atoms with E-state index >= 15 is 0 Å². The van der Waals surface area contributed by atoms with E-state index in [1.807, 2.05) is 0 Å². The fourth-order valence-electron chi connectivity index (χ4n) is 3.05. The molecule has 1 aliphatic rings. The van der Waals surface area contributed by atoms with E-state index in [9.17, 15) is 14.9 Å². The Morgan fingerprint density at radius 3 is 2.72 bits per heavy atom. The first-order valence-electron chi connectivity index (χ1n) is 8.39. The highest BCUT2D eigenvalue weighted by atomic mass is 35.5. The molecule has 2 atom stereocenters. The van der Waals surface area contributed by atoms with Gasteiger partial charge in [-0.15, -0.1) is 0 Å². The highest BCUT2D eigenvalue weighted by molar-refractivity contribution is 6.25. The molecule has 0 aliphatic carbocycles. The quantitative estimate of drug-likeness (QED) is 0.249. The van der Waals surface area contributed by atoms with Crippen molar-refractivity contribution >= 4 is 23.3 Å². The molecule has 1 heterocycles. The summed E-state index contributed by atoms with van der Waals surface area (Å²) < 4.78 is 4.78. The van der Waals surface area contributed by atoms with Gasteiger partial charge in [0.2, 0.25) is 0 Å². The molecule has 0 amide bonds. The number of nitro groups is 1. The summed E-state index contributed by atoms with van der Waals surface area (Å²) in [6.45, 7) is 3.10. The summed E-state index contributed by atoms with van der Waals surface area (Å²) in [6.07, 6.45) is 3.15. The van der Waals surface area contributed by atoms with Crippen LogP contribution in [0.3, 0.4) is 0 Å². The first kappa shape index (κ1) is 19.6. The van der Waals surface area contributed by atoms with E-state index in [4.69, 9.17) is 16.3 Å². The second-order valence-corrected chi connectivity index (χ2v) is 6.96. The molecule has 1 aromatic rings. The van der Waals surface area contributed by atoms with Crippen LogP contribution in [0.4, 0.5) is 5.69 Å². The van der Waals surface area contributed by atoms with Gasteiger partial charge in [0.25, 0.3) is 5.69 Å². The fourth-order valence-corrected chi connectivity index (χ4v) is 3.41. The smallest absolute Gasteiger partial charge is 0.308 e. The van der Waals surface area contributed by atoms with Crippen LogP contribution in [0.25, 0.3) is 0 Å². The molecule has 0 saturated carbocycles. The Kier molecular flexibility index (Phi) is 6.75. The molecule has 0 radical (unpaired) electrons. The predicted molar refractivity (Wildman–Crippen MR) is 95.2 cm³/mol. The molecule has 1 aromatic carbocycles. The van der Waals surface area contributed by atoms with Gasteiger partial charge in [0.05, 0.1) is 24.6 Å². The van der Waals surface area contributed by atoms with Crippen LogP contribution < -0.4 is 5.32 Å². The van der Waals surface area contributed by atoms with Crippen molar-refractivity contribution in [3.05, 3.63) is 39.9 Å². The zero-order chi connectivity index (χ0) is 18.4. The van der Waals surface area contributed by atoms with Gasteiger partial charge < -0.3 is 4.74 Å². The molecule has 0 spiro atoms. The zero-order valence-electron chi connectivity index (χ0n) is 14.5. The number of nitro benzene ring substituents is 1. The lowest BCUT2D eigenvalue weighted by Crippen LogP contribution is -2.46. The number of rotatable bonds is 8. The van der Waals surface area contributed by atoms with Crippen molar-refractivity contribution in [2.24, 2.45) is 0 Å². The molecule has 1 saturated heterocycles. The lowest BCUT2D eigenvalue weighted by atomic mass is 10.1. The fraction of sp³-hybridized carbons (Fsp3) is 0.588. The number of esters is 1. The SMILES string of the molecule is CCCCC1NCC(Cl)(CC(=O)OC)N1Cc1ccc([N+](=O)[O-])cc1. The molecular formula is C17H24ClN3O4. The third kappa shape index (κ3) is 4.90. The Morgan fingerprint density at radius 2 is 2.16 bits per heavy atom. The Labute approximate surface area is 152 Å². The molecule has 138 valence electrons. The number of halogens is 1. The maximum atomic E-state index is 11.8. The third-order valence-electron chi connectivity index (χ3n) is 4.47. The van der Waals surface area contributed by atoms with Gasteiger partial charge in [-0.25, -0.2) is 0 Å². The number of methoxy groups -OCH3 is 1. The monoisotopic (exact) mass is 369 g/mol. The van der Waals surface area contributed by atoms with Crippen molar-refractivity contribution in [1.29, 1.82) is 0 Å². The van der Waals surface area contributed by atoms with Crippen LogP contribution in [-0.2, 0) is 16.1 Å². The highest BCUT2D eigenvalue weighted by Crippen LogP contribution is 2.35. The van der Waals surface area contributed by atoms with E-state index in [0.29, 0.717) is 13.1 Å². The standard InChI is InChI=1S/C17H24ClN3O4/c1-3-4-5-15-19-12-17(18,10-16(22)25-2)20(15)11-13-6-8-14(9-7-13)21(23)24/h6-9,15,19H,3-5,10-12H2,1-2H3. The van der Waals surface area contributed by atoms with Crippen molar-refractivity contribution < 1.29 is 14.5 Å². The van der Waals surface area contributed by atoms with E-state index in [-0.39, 0.29) is 24.2 Å². The molecule has 8 heteroatoms. The average Bonchev–Trinajstić information content (AvgIpc) is 2.89. The summed E-state index contributed by atoms with van der Waals surface area (Å²) in [7, 11) is 1.35. The van der Waals surface area contributed by atoms with Crippen LogP contribution >= 0.6 is 11.6 Å². The largest absolute Gasteiger partial charge is 0.469 e. The molecule has 7 nitrogen and oxygen atoms in total. The summed E-state index contributed by atoms with van der Waals surface area (Å²) in [6, 6.07) is 6.41. The minimum atomic E-state index is -0.868. The minimum absolute atomic E-state index is 0.0531.